The summed E-state index contributed by atoms with van der Waals surface area (Å²) < 4.78 is 0. The van der Waals surface area contributed by atoms with E-state index in [0.717, 1.165) is 31.4 Å². The molecule has 0 aliphatic carbocycles. The third kappa shape index (κ3) is 3.74. The second-order valence-electron chi connectivity index (χ2n) is 6.66. The number of pyridine rings is 1. The van der Waals surface area contributed by atoms with Crippen LogP contribution in [0.25, 0.3) is 0 Å². The van der Waals surface area contributed by atoms with Gasteiger partial charge in [-0.25, -0.2) is 0 Å². The minimum atomic E-state index is -0.207. The molecular weight excluding hydrogens is 276 g/mol. The maximum atomic E-state index is 12.8. The Balaban J connectivity index is 2.17. The quantitative estimate of drug-likeness (QED) is 0.870. The lowest BCUT2D eigenvalue weighted by molar-refractivity contribution is 0.0283. The van der Waals surface area contributed by atoms with E-state index >= 15 is 0 Å². The summed E-state index contributed by atoms with van der Waals surface area (Å²) in [4.78, 5) is 18.7. The van der Waals surface area contributed by atoms with Crippen molar-refractivity contribution in [3.63, 3.8) is 0 Å². The van der Waals surface area contributed by atoms with Crippen molar-refractivity contribution in [1.82, 2.24) is 9.88 Å². The monoisotopic (exact) mass is 302 g/mol. The molecule has 1 aromatic heterocycles. The van der Waals surface area contributed by atoms with Gasteiger partial charge in [0, 0.05) is 30.9 Å². The SMILES string of the molecule is CC(C)=CC[C@@]1(CO)CCCN(C(=O)c2cnccc2C)C1. The van der Waals surface area contributed by atoms with E-state index in [9.17, 15) is 9.90 Å². The maximum absolute atomic E-state index is 12.8. The number of aryl methyl sites for hydroxylation is 1. The first-order chi connectivity index (χ1) is 10.5. The molecule has 4 heteroatoms. The van der Waals surface area contributed by atoms with Crippen molar-refractivity contribution in [3.8, 4) is 0 Å². The van der Waals surface area contributed by atoms with Crippen LogP contribution in [0.15, 0.2) is 30.1 Å². The summed E-state index contributed by atoms with van der Waals surface area (Å²) in [6.07, 6.45) is 8.23. The Labute approximate surface area is 132 Å². The molecule has 1 aliphatic heterocycles. The predicted molar refractivity (Wildman–Crippen MR) is 87.7 cm³/mol. The van der Waals surface area contributed by atoms with Gasteiger partial charge >= 0.3 is 0 Å². The largest absolute Gasteiger partial charge is 0.396 e. The number of nitrogens with zero attached hydrogens (tertiary/aromatic N) is 2. The van der Waals surface area contributed by atoms with Crippen LogP contribution < -0.4 is 0 Å². The van der Waals surface area contributed by atoms with Crippen molar-refractivity contribution in [2.75, 3.05) is 19.7 Å². The van der Waals surface area contributed by atoms with Gasteiger partial charge in [-0.15, -0.1) is 0 Å². The van der Waals surface area contributed by atoms with Crippen molar-refractivity contribution in [3.05, 3.63) is 41.2 Å². The van der Waals surface area contributed by atoms with Crippen LogP contribution in [0.4, 0.5) is 0 Å². The molecule has 0 spiro atoms. The van der Waals surface area contributed by atoms with E-state index in [0.29, 0.717) is 12.1 Å². The smallest absolute Gasteiger partial charge is 0.255 e. The fourth-order valence-corrected chi connectivity index (χ4v) is 3.02. The molecule has 1 aliphatic rings. The predicted octanol–water partition coefficient (Wildman–Crippen LogP) is 2.96. The zero-order chi connectivity index (χ0) is 16.2. The van der Waals surface area contributed by atoms with Crippen LogP contribution in [-0.2, 0) is 0 Å². The number of aliphatic hydroxyl groups is 1. The normalized spacial score (nSPS) is 21.5. The van der Waals surface area contributed by atoms with E-state index in [1.165, 1.54) is 5.57 Å². The first kappa shape index (κ1) is 16.7. The van der Waals surface area contributed by atoms with E-state index in [1.807, 2.05) is 17.9 Å². The van der Waals surface area contributed by atoms with Crippen LogP contribution in [-0.4, -0.2) is 40.6 Å². The highest BCUT2D eigenvalue weighted by molar-refractivity contribution is 5.95. The van der Waals surface area contributed by atoms with E-state index in [2.05, 4.69) is 24.9 Å². The average Bonchev–Trinajstić information content (AvgIpc) is 2.53. The number of aliphatic hydroxyl groups excluding tert-OH is 1. The number of allylic oxidation sites excluding steroid dienone is 2. The van der Waals surface area contributed by atoms with E-state index in [4.69, 9.17) is 0 Å². The van der Waals surface area contributed by atoms with E-state index in [-0.39, 0.29) is 17.9 Å². The average molecular weight is 302 g/mol. The number of hydrogen-bond acceptors (Lipinski definition) is 3. The van der Waals surface area contributed by atoms with Crippen molar-refractivity contribution in [2.24, 2.45) is 5.41 Å². The zero-order valence-electron chi connectivity index (χ0n) is 13.8. The Morgan fingerprint density at radius 2 is 2.27 bits per heavy atom. The fourth-order valence-electron chi connectivity index (χ4n) is 3.02. The van der Waals surface area contributed by atoms with Crippen LogP contribution in [0.2, 0.25) is 0 Å². The first-order valence-electron chi connectivity index (χ1n) is 7.91. The van der Waals surface area contributed by atoms with Gasteiger partial charge in [-0.3, -0.25) is 9.78 Å². The summed E-state index contributed by atoms with van der Waals surface area (Å²) in [5.41, 5.74) is 2.66. The summed E-state index contributed by atoms with van der Waals surface area (Å²) in [6, 6.07) is 1.86. The van der Waals surface area contributed by atoms with Crippen LogP contribution in [0.1, 0.15) is 49.0 Å². The highest BCUT2D eigenvalue weighted by Gasteiger charge is 2.36. The highest BCUT2D eigenvalue weighted by Crippen LogP contribution is 2.34. The van der Waals surface area contributed by atoms with Gasteiger partial charge in [0.05, 0.1) is 12.2 Å². The molecule has 1 saturated heterocycles. The molecule has 0 saturated carbocycles. The molecule has 1 amide bonds. The van der Waals surface area contributed by atoms with Crippen LogP contribution >= 0.6 is 0 Å². The molecule has 0 unspecified atom stereocenters. The highest BCUT2D eigenvalue weighted by atomic mass is 16.3. The number of carbonyl (C=O) groups excluding carboxylic acids is 1. The lowest BCUT2D eigenvalue weighted by Crippen LogP contribution is -2.47. The zero-order valence-corrected chi connectivity index (χ0v) is 13.8. The van der Waals surface area contributed by atoms with Crippen LogP contribution in [0.5, 0.6) is 0 Å². The van der Waals surface area contributed by atoms with E-state index in [1.54, 1.807) is 12.4 Å². The second-order valence-corrected chi connectivity index (χ2v) is 6.66. The van der Waals surface area contributed by atoms with Gasteiger partial charge in [-0.1, -0.05) is 11.6 Å². The van der Waals surface area contributed by atoms with Gasteiger partial charge in [-0.05, 0) is 51.7 Å². The minimum absolute atomic E-state index is 0.0281. The number of piperidine rings is 1. The Morgan fingerprint density at radius 1 is 1.50 bits per heavy atom. The van der Waals surface area contributed by atoms with Crippen molar-refractivity contribution in [1.29, 1.82) is 0 Å². The molecule has 1 atom stereocenters. The van der Waals surface area contributed by atoms with Crippen molar-refractivity contribution < 1.29 is 9.90 Å². The molecule has 1 aromatic rings. The third-order valence-corrected chi connectivity index (χ3v) is 4.50. The molecule has 1 fully saturated rings. The Hall–Kier alpha value is -1.68. The summed E-state index contributed by atoms with van der Waals surface area (Å²) in [6.45, 7) is 7.55. The van der Waals surface area contributed by atoms with Gasteiger partial charge in [-0.2, -0.15) is 0 Å². The summed E-state index contributed by atoms with van der Waals surface area (Å²) in [5, 5.41) is 9.90. The van der Waals surface area contributed by atoms with Crippen LogP contribution in [0.3, 0.4) is 0 Å². The molecule has 1 N–H and O–H groups in total. The molecule has 0 aromatic carbocycles. The molecular formula is C18H26N2O2. The topological polar surface area (TPSA) is 53.4 Å². The van der Waals surface area contributed by atoms with Gasteiger partial charge in [0.1, 0.15) is 0 Å². The molecule has 22 heavy (non-hydrogen) atoms. The maximum Gasteiger partial charge on any atom is 0.255 e. The Morgan fingerprint density at radius 3 is 2.91 bits per heavy atom. The summed E-state index contributed by atoms with van der Waals surface area (Å²) >= 11 is 0. The summed E-state index contributed by atoms with van der Waals surface area (Å²) in [5.74, 6) is 0.0281. The Kier molecular flexibility index (Phi) is 5.35. The van der Waals surface area contributed by atoms with Gasteiger partial charge in [0.25, 0.3) is 5.91 Å². The molecule has 120 valence electrons. The van der Waals surface area contributed by atoms with Crippen molar-refractivity contribution in [2.45, 2.75) is 40.0 Å². The fraction of sp³-hybridized carbons (Fsp3) is 0.556. The first-order valence-corrected chi connectivity index (χ1v) is 7.91. The Bertz CT molecular complexity index is 564. The number of amides is 1. The second kappa shape index (κ2) is 7.05. The lowest BCUT2D eigenvalue weighted by atomic mass is 9.77. The molecule has 2 heterocycles. The third-order valence-electron chi connectivity index (χ3n) is 4.50. The number of aromatic nitrogens is 1. The van der Waals surface area contributed by atoms with Gasteiger partial charge in [0.2, 0.25) is 0 Å². The standard InChI is InChI=1S/C18H26N2O2/c1-14(2)5-8-18(13-21)7-4-10-20(12-18)17(22)16-11-19-9-6-15(16)3/h5-6,9,11,21H,4,7-8,10,12-13H2,1-3H3/t18-/m0/s1. The van der Waals surface area contributed by atoms with Crippen LogP contribution in [0, 0.1) is 12.3 Å². The molecule has 4 nitrogen and oxygen atoms in total. The minimum Gasteiger partial charge on any atom is -0.396 e. The van der Waals surface area contributed by atoms with E-state index < -0.39 is 0 Å². The van der Waals surface area contributed by atoms with Gasteiger partial charge in [0.15, 0.2) is 0 Å². The van der Waals surface area contributed by atoms with Gasteiger partial charge < -0.3 is 10.0 Å². The van der Waals surface area contributed by atoms with Crippen molar-refractivity contribution >= 4 is 5.91 Å². The molecule has 0 bridgehead atoms. The number of rotatable bonds is 4. The number of likely N-dealkylation sites (tertiary alicyclic amines) is 1. The molecule has 2 rings (SSSR count). The lowest BCUT2D eigenvalue weighted by Gasteiger charge is -2.41. The number of carbonyl (C=O) groups is 1. The number of hydrogen-bond donors (Lipinski definition) is 1. The summed E-state index contributed by atoms with van der Waals surface area (Å²) in [7, 11) is 0. The molecule has 0 radical (unpaired) electrons.